The third-order valence-electron chi connectivity index (χ3n) is 7.17. The van der Waals surface area contributed by atoms with Crippen LogP contribution < -0.4 is 0 Å². The van der Waals surface area contributed by atoms with Crippen LogP contribution in [0.3, 0.4) is 0 Å². The van der Waals surface area contributed by atoms with Crippen LogP contribution in [-0.4, -0.2) is 31.9 Å². The topological polar surface area (TPSA) is 38.8 Å². The minimum atomic E-state index is -1.68. The molecule has 1 heterocycles. The maximum Gasteiger partial charge on any atom is 0.192 e. The maximum absolute atomic E-state index is 12.9. The quantitative estimate of drug-likeness (QED) is 0.442. The molecule has 0 unspecified atom stereocenters. The van der Waals surface area contributed by atoms with Gasteiger partial charge >= 0.3 is 0 Å². The molecule has 3 aliphatic carbocycles. The van der Waals surface area contributed by atoms with E-state index in [1.807, 2.05) is 6.92 Å². The number of ketones is 1. The van der Waals surface area contributed by atoms with Gasteiger partial charge in [0.25, 0.3) is 0 Å². The molecule has 122 valence electrons. The summed E-state index contributed by atoms with van der Waals surface area (Å²) < 4.78 is 12.8. The predicted molar refractivity (Wildman–Crippen MR) is 88.1 cm³/mol. The van der Waals surface area contributed by atoms with Crippen molar-refractivity contribution >= 4 is 14.1 Å². The van der Waals surface area contributed by atoms with E-state index in [-0.39, 0.29) is 18.1 Å². The second-order valence-corrected chi connectivity index (χ2v) is 12.6. The Labute approximate surface area is 134 Å². The van der Waals surface area contributed by atoms with E-state index in [1.54, 1.807) is 0 Å². The first-order valence-corrected chi connectivity index (χ1v) is 11.6. The van der Waals surface area contributed by atoms with E-state index in [4.69, 9.17) is 9.16 Å². The fraction of sp³-hybridized carbons (Fsp3) is 0.833. The van der Waals surface area contributed by atoms with Crippen molar-refractivity contribution in [1.29, 1.82) is 0 Å². The minimum absolute atomic E-state index is 0.0190. The summed E-state index contributed by atoms with van der Waals surface area (Å²) in [6.07, 6.45) is 5.94. The number of carbonyl (C=O) groups is 1. The Morgan fingerprint density at radius 3 is 2.50 bits per heavy atom. The number of epoxide rings is 1. The summed E-state index contributed by atoms with van der Waals surface area (Å²) >= 11 is 0. The second-order valence-electron chi connectivity index (χ2n) is 7.89. The Morgan fingerprint density at radius 2 is 1.86 bits per heavy atom. The maximum atomic E-state index is 12.9. The average molecular weight is 321 g/mol. The average Bonchev–Trinajstić information content (AvgIpc) is 2.90. The second kappa shape index (κ2) is 4.78. The first-order valence-electron chi connectivity index (χ1n) is 9.08. The van der Waals surface area contributed by atoms with Gasteiger partial charge < -0.3 is 9.16 Å². The largest absolute Gasteiger partial charge is 0.411 e. The summed E-state index contributed by atoms with van der Waals surface area (Å²) in [7, 11) is -1.68. The van der Waals surface area contributed by atoms with Crippen molar-refractivity contribution in [3.8, 4) is 0 Å². The molecule has 22 heavy (non-hydrogen) atoms. The van der Waals surface area contributed by atoms with Gasteiger partial charge in [-0.3, -0.25) is 4.79 Å². The highest BCUT2D eigenvalue weighted by Crippen LogP contribution is 2.61. The Hall–Kier alpha value is -0.453. The zero-order valence-electron chi connectivity index (χ0n) is 14.2. The van der Waals surface area contributed by atoms with Crippen LogP contribution in [0.15, 0.2) is 12.2 Å². The summed E-state index contributed by atoms with van der Waals surface area (Å²) in [5.41, 5.74) is -0.542. The molecule has 0 radical (unpaired) electrons. The molecule has 4 heteroatoms. The zero-order chi connectivity index (χ0) is 15.7. The van der Waals surface area contributed by atoms with E-state index >= 15 is 0 Å². The molecule has 2 saturated carbocycles. The molecule has 0 amide bonds. The van der Waals surface area contributed by atoms with Gasteiger partial charge in [0.15, 0.2) is 19.7 Å². The van der Waals surface area contributed by atoms with Gasteiger partial charge in [0.1, 0.15) is 6.10 Å². The van der Waals surface area contributed by atoms with Crippen LogP contribution in [0, 0.1) is 23.7 Å². The highest BCUT2D eigenvalue weighted by atomic mass is 28.4. The number of carbonyl (C=O) groups excluding carboxylic acids is 1. The van der Waals surface area contributed by atoms with Crippen LogP contribution in [0.25, 0.3) is 0 Å². The van der Waals surface area contributed by atoms with Gasteiger partial charge in [-0.2, -0.15) is 0 Å². The standard InChI is InChI=1S/C18H28O3Si/c1-5-22(6-2,7-3)21-15-13-11-8-9-12(10-11)14(13)16(19)18(4)17(15)20-18/h8-9,11-15,17H,5-7,10H2,1-4H3/t11-,12+,13-,14+,15-,17+,18-/m1/s1. The Bertz CT molecular complexity index is 518. The number of hydrogen-bond acceptors (Lipinski definition) is 3. The van der Waals surface area contributed by atoms with Crippen LogP contribution in [0.5, 0.6) is 0 Å². The van der Waals surface area contributed by atoms with Crippen molar-refractivity contribution in [2.24, 2.45) is 23.7 Å². The van der Waals surface area contributed by atoms with Gasteiger partial charge in [-0.25, -0.2) is 0 Å². The highest BCUT2D eigenvalue weighted by Gasteiger charge is 2.73. The third-order valence-corrected chi connectivity index (χ3v) is 11.8. The number of hydrogen-bond donors (Lipinski definition) is 0. The smallest absolute Gasteiger partial charge is 0.192 e. The monoisotopic (exact) mass is 320 g/mol. The van der Waals surface area contributed by atoms with Gasteiger partial charge in [-0.15, -0.1) is 0 Å². The van der Waals surface area contributed by atoms with Crippen LogP contribution in [0.1, 0.15) is 34.1 Å². The lowest BCUT2D eigenvalue weighted by Gasteiger charge is -2.42. The van der Waals surface area contributed by atoms with Crippen molar-refractivity contribution < 1.29 is 14.0 Å². The van der Waals surface area contributed by atoms with Crippen molar-refractivity contribution in [2.45, 2.75) is 70.1 Å². The lowest BCUT2D eigenvalue weighted by atomic mass is 9.67. The van der Waals surface area contributed by atoms with Crippen LogP contribution in [0.2, 0.25) is 18.1 Å². The lowest BCUT2D eigenvalue weighted by molar-refractivity contribution is -0.133. The first kappa shape index (κ1) is 15.1. The summed E-state index contributed by atoms with van der Waals surface area (Å²) in [4.78, 5) is 12.9. The fourth-order valence-electron chi connectivity index (χ4n) is 5.45. The molecular weight excluding hydrogens is 292 g/mol. The molecule has 3 fully saturated rings. The summed E-state index contributed by atoms with van der Waals surface area (Å²) in [6.45, 7) is 8.82. The summed E-state index contributed by atoms with van der Waals surface area (Å²) in [6, 6.07) is 3.49. The molecule has 4 rings (SSSR count). The van der Waals surface area contributed by atoms with E-state index < -0.39 is 13.9 Å². The van der Waals surface area contributed by atoms with Crippen molar-refractivity contribution in [1.82, 2.24) is 0 Å². The molecule has 1 aliphatic heterocycles. The van der Waals surface area contributed by atoms with Crippen LogP contribution in [0.4, 0.5) is 0 Å². The van der Waals surface area contributed by atoms with Gasteiger partial charge in [-0.1, -0.05) is 32.9 Å². The number of fused-ring (bicyclic) bond motifs is 6. The van der Waals surface area contributed by atoms with Crippen molar-refractivity contribution in [3.05, 3.63) is 12.2 Å². The summed E-state index contributed by atoms with van der Waals surface area (Å²) in [5.74, 6) is 1.86. The van der Waals surface area contributed by atoms with Gasteiger partial charge in [0.05, 0.1) is 6.10 Å². The van der Waals surface area contributed by atoms with E-state index in [1.165, 1.54) is 0 Å². The molecule has 1 saturated heterocycles. The Kier molecular flexibility index (Phi) is 3.28. The predicted octanol–water partition coefficient (Wildman–Crippen LogP) is 3.56. The lowest BCUT2D eigenvalue weighted by Crippen LogP contribution is -2.55. The summed E-state index contributed by atoms with van der Waals surface area (Å²) in [5, 5.41) is 0. The molecule has 2 bridgehead atoms. The molecular formula is C18H28O3Si. The third kappa shape index (κ3) is 1.78. The SMILES string of the molecule is CC[Si](CC)(CC)O[C@@H]1[C@H]2[C@@H](C(=O)[C@@]3(C)O[C@@H]13)[C@H]1C=C[C@@H]2C1. The van der Waals surface area contributed by atoms with Crippen LogP contribution >= 0.6 is 0 Å². The molecule has 0 aromatic heterocycles. The zero-order valence-corrected chi connectivity index (χ0v) is 15.2. The molecule has 0 N–H and O–H groups in total. The number of allylic oxidation sites excluding steroid dienone is 2. The Balaban J connectivity index is 1.67. The Morgan fingerprint density at radius 1 is 1.23 bits per heavy atom. The van der Waals surface area contributed by atoms with Gasteiger partial charge in [0.2, 0.25) is 0 Å². The van der Waals surface area contributed by atoms with E-state index in [2.05, 4.69) is 32.9 Å². The molecule has 4 aliphatic rings. The van der Waals surface area contributed by atoms with Gasteiger partial charge in [-0.05, 0) is 43.3 Å². The number of Topliss-reactive ketones (excluding diaryl/α,β-unsaturated/α-hetero) is 1. The van der Waals surface area contributed by atoms with E-state index in [0.29, 0.717) is 23.5 Å². The van der Waals surface area contributed by atoms with Crippen LogP contribution in [-0.2, 0) is 14.0 Å². The number of rotatable bonds is 5. The van der Waals surface area contributed by atoms with Gasteiger partial charge in [0, 0.05) is 11.8 Å². The van der Waals surface area contributed by atoms with Crippen molar-refractivity contribution in [3.63, 3.8) is 0 Å². The highest BCUT2D eigenvalue weighted by molar-refractivity contribution is 6.73. The number of ether oxygens (including phenoxy) is 1. The fourth-order valence-corrected chi connectivity index (χ4v) is 8.31. The first-order chi connectivity index (χ1) is 10.5. The molecule has 0 aromatic carbocycles. The van der Waals surface area contributed by atoms with E-state index in [0.717, 1.165) is 24.6 Å². The normalized spacial score (nSPS) is 48.5. The molecule has 0 aromatic rings. The van der Waals surface area contributed by atoms with Crippen molar-refractivity contribution in [2.75, 3.05) is 0 Å². The minimum Gasteiger partial charge on any atom is -0.411 e. The molecule has 7 atom stereocenters. The molecule has 3 nitrogen and oxygen atoms in total. The van der Waals surface area contributed by atoms with E-state index in [9.17, 15) is 4.79 Å². The molecule has 0 spiro atoms.